The zero-order chi connectivity index (χ0) is 20.1. The number of nitrogens with zero attached hydrogens (tertiary/aromatic N) is 3. The van der Waals surface area contributed by atoms with Gasteiger partial charge >= 0.3 is 11.9 Å². The van der Waals surface area contributed by atoms with Crippen LogP contribution >= 0.6 is 0 Å². The minimum absolute atomic E-state index is 0.0592. The van der Waals surface area contributed by atoms with Gasteiger partial charge in [0.25, 0.3) is 5.89 Å². The highest BCUT2D eigenvalue weighted by atomic mass is 19.4. The number of fused-ring (bicyclic) bond motifs is 1. The average Bonchev–Trinajstić information content (AvgIpc) is 3.24. The molecule has 0 atom stereocenters. The van der Waals surface area contributed by atoms with Gasteiger partial charge in [-0.15, -0.1) is 0 Å². The molecule has 0 amide bonds. The molecule has 0 saturated carbocycles. The van der Waals surface area contributed by atoms with Gasteiger partial charge in [0.05, 0.1) is 11.1 Å². The van der Waals surface area contributed by atoms with Gasteiger partial charge < -0.3 is 8.94 Å². The van der Waals surface area contributed by atoms with Crippen molar-refractivity contribution in [3.8, 4) is 22.8 Å². The summed E-state index contributed by atoms with van der Waals surface area (Å²) in [6.45, 7) is 3.75. The third-order valence-electron chi connectivity index (χ3n) is 4.27. The summed E-state index contributed by atoms with van der Waals surface area (Å²) < 4.78 is 50.0. The normalized spacial score (nSPS) is 12.2. The largest absolute Gasteiger partial charge is 0.420 e. The molecule has 0 aliphatic rings. The van der Waals surface area contributed by atoms with Crippen molar-refractivity contribution in [3.05, 3.63) is 58.6 Å². The molecule has 4 rings (SSSR count). The van der Waals surface area contributed by atoms with Crippen LogP contribution in [0.4, 0.5) is 13.2 Å². The molecule has 2 heterocycles. The van der Waals surface area contributed by atoms with Crippen molar-refractivity contribution in [2.75, 3.05) is 0 Å². The Labute approximate surface area is 156 Å². The van der Waals surface area contributed by atoms with Gasteiger partial charge in [-0.05, 0) is 56.3 Å². The van der Waals surface area contributed by atoms with Gasteiger partial charge in [0.2, 0.25) is 5.82 Å². The highest BCUT2D eigenvalue weighted by molar-refractivity contribution is 5.79. The maximum absolute atomic E-state index is 12.7. The number of benzene rings is 2. The van der Waals surface area contributed by atoms with Crippen LogP contribution < -0.4 is 5.76 Å². The number of hydrogen-bond donors (Lipinski definition) is 0. The molecule has 0 saturated heterocycles. The quantitative estimate of drug-likeness (QED) is 0.498. The molecule has 9 heteroatoms. The van der Waals surface area contributed by atoms with E-state index in [1.54, 1.807) is 18.2 Å². The first-order valence-electron chi connectivity index (χ1n) is 8.41. The lowest BCUT2D eigenvalue weighted by Gasteiger charge is -2.05. The summed E-state index contributed by atoms with van der Waals surface area (Å²) in [7, 11) is 0. The lowest BCUT2D eigenvalue weighted by Crippen LogP contribution is -2.15. The van der Waals surface area contributed by atoms with Crippen molar-refractivity contribution in [3.63, 3.8) is 0 Å². The first-order valence-corrected chi connectivity index (χ1v) is 8.41. The molecular weight excluding hydrogens is 375 g/mol. The van der Waals surface area contributed by atoms with Crippen molar-refractivity contribution in [1.82, 2.24) is 14.7 Å². The molecule has 0 radical (unpaired) electrons. The number of alkyl halides is 3. The highest BCUT2D eigenvalue weighted by Crippen LogP contribution is 2.31. The van der Waals surface area contributed by atoms with Crippen LogP contribution in [-0.4, -0.2) is 14.7 Å². The Kier molecular flexibility index (Phi) is 4.10. The van der Waals surface area contributed by atoms with Crippen molar-refractivity contribution in [1.29, 1.82) is 0 Å². The molecule has 0 aliphatic heterocycles. The van der Waals surface area contributed by atoms with E-state index in [0.29, 0.717) is 22.2 Å². The van der Waals surface area contributed by atoms with E-state index in [1.165, 1.54) is 16.7 Å². The third kappa shape index (κ3) is 3.08. The number of halogens is 3. The Hall–Kier alpha value is -3.36. The van der Waals surface area contributed by atoms with E-state index < -0.39 is 17.5 Å². The van der Waals surface area contributed by atoms with Crippen LogP contribution in [0.5, 0.6) is 0 Å². The topological polar surface area (TPSA) is 74.1 Å². The first-order chi connectivity index (χ1) is 13.2. The standard InChI is InChI=1S/C19H14F3N3O3/c1-10(2)25-14-8-5-12(9-15(14)27-18(25)26)16-23-17(28-24-16)11-3-6-13(7-4-11)19(20,21)22/h3-10H,1-2H3. The Morgan fingerprint density at radius 2 is 1.71 bits per heavy atom. The third-order valence-corrected chi connectivity index (χ3v) is 4.27. The van der Waals surface area contributed by atoms with Crippen molar-refractivity contribution in [2.45, 2.75) is 26.1 Å². The molecule has 28 heavy (non-hydrogen) atoms. The lowest BCUT2D eigenvalue weighted by atomic mass is 10.1. The van der Waals surface area contributed by atoms with Gasteiger partial charge in [0, 0.05) is 17.2 Å². The molecule has 0 unspecified atom stereocenters. The number of hydrogen-bond acceptors (Lipinski definition) is 5. The Bertz CT molecular complexity index is 1200. The van der Waals surface area contributed by atoms with E-state index in [1.807, 2.05) is 13.8 Å². The molecule has 2 aromatic carbocycles. The average molecular weight is 389 g/mol. The smallest absolute Gasteiger partial charge is 0.408 e. The zero-order valence-electron chi connectivity index (χ0n) is 14.8. The molecule has 2 aromatic heterocycles. The summed E-state index contributed by atoms with van der Waals surface area (Å²) >= 11 is 0. The van der Waals surface area contributed by atoms with Crippen LogP contribution in [0.25, 0.3) is 33.9 Å². The second-order valence-electron chi connectivity index (χ2n) is 6.51. The van der Waals surface area contributed by atoms with E-state index in [-0.39, 0.29) is 17.8 Å². The first kappa shape index (κ1) is 18.0. The van der Waals surface area contributed by atoms with Crippen LogP contribution in [0, 0.1) is 0 Å². The van der Waals surface area contributed by atoms with E-state index in [0.717, 1.165) is 12.1 Å². The second-order valence-corrected chi connectivity index (χ2v) is 6.51. The summed E-state index contributed by atoms with van der Waals surface area (Å²) in [5.74, 6) is -0.137. The van der Waals surface area contributed by atoms with E-state index in [9.17, 15) is 18.0 Å². The molecule has 0 bridgehead atoms. The van der Waals surface area contributed by atoms with E-state index in [4.69, 9.17) is 8.94 Å². The Balaban J connectivity index is 1.68. The fraction of sp³-hybridized carbons (Fsp3) is 0.211. The summed E-state index contributed by atoms with van der Waals surface area (Å²) in [5.41, 5.74) is 1.20. The molecule has 0 spiro atoms. The summed E-state index contributed by atoms with van der Waals surface area (Å²) in [5, 5.41) is 3.87. The van der Waals surface area contributed by atoms with E-state index >= 15 is 0 Å². The Morgan fingerprint density at radius 3 is 2.36 bits per heavy atom. The predicted octanol–water partition coefficient (Wildman–Crippen LogP) is 4.91. The van der Waals surface area contributed by atoms with Crippen LogP contribution in [0.15, 0.2) is 56.2 Å². The van der Waals surface area contributed by atoms with Gasteiger partial charge in [-0.3, -0.25) is 4.57 Å². The van der Waals surface area contributed by atoms with Crippen molar-refractivity contribution < 1.29 is 22.1 Å². The number of oxazole rings is 1. The molecule has 0 fully saturated rings. The molecule has 0 N–H and O–H groups in total. The van der Waals surface area contributed by atoms with Gasteiger partial charge in [0.15, 0.2) is 5.58 Å². The highest BCUT2D eigenvalue weighted by Gasteiger charge is 2.30. The molecule has 4 aromatic rings. The SMILES string of the molecule is CC(C)n1c(=O)oc2cc(-c3noc(-c4ccc(C(F)(F)F)cc4)n3)ccc21. The lowest BCUT2D eigenvalue weighted by molar-refractivity contribution is -0.137. The summed E-state index contributed by atoms with van der Waals surface area (Å²) in [6.07, 6.45) is -4.41. The maximum atomic E-state index is 12.7. The number of aromatic nitrogens is 3. The van der Waals surface area contributed by atoms with Crippen LogP contribution in [0.2, 0.25) is 0 Å². The molecule has 144 valence electrons. The van der Waals surface area contributed by atoms with Crippen molar-refractivity contribution in [2.24, 2.45) is 0 Å². The molecular formula is C19H14F3N3O3. The fourth-order valence-electron chi connectivity index (χ4n) is 2.92. The predicted molar refractivity (Wildman–Crippen MR) is 94.6 cm³/mol. The van der Waals surface area contributed by atoms with Gasteiger partial charge in [-0.1, -0.05) is 5.16 Å². The summed E-state index contributed by atoms with van der Waals surface area (Å²) in [4.78, 5) is 16.2. The second kappa shape index (κ2) is 6.36. The van der Waals surface area contributed by atoms with Gasteiger partial charge in [-0.2, -0.15) is 18.2 Å². The molecule has 0 aliphatic carbocycles. The minimum Gasteiger partial charge on any atom is -0.408 e. The molecule has 6 nitrogen and oxygen atoms in total. The van der Waals surface area contributed by atoms with Crippen molar-refractivity contribution >= 4 is 11.1 Å². The van der Waals surface area contributed by atoms with Crippen LogP contribution in [0.1, 0.15) is 25.5 Å². The van der Waals surface area contributed by atoms with E-state index in [2.05, 4.69) is 10.1 Å². The number of rotatable bonds is 3. The fourth-order valence-corrected chi connectivity index (χ4v) is 2.92. The van der Waals surface area contributed by atoms with Gasteiger partial charge in [0.1, 0.15) is 0 Å². The Morgan fingerprint density at radius 1 is 1.04 bits per heavy atom. The summed E-state index contributed by atoms with van der Waals surface area (Å²) in [6, 6.07) is 9.45. The van der Waals surface area contributed by atoms with Crippen LogP contribution in [-0.2, 0) is 6.18 Å². The maximum Gasteiger partial charge on any atom is 0.420 e. The van der Waals surface area contributed by atoms with Gasteiger partial charge in [-0.25, -0.2) is 4.79 Å². The zero-order valence-corrected chi connectivity index (χ0v) is 14.8. The minimum atomic E-state index is -4.41. The van der Waals surface area contributed by atoms with Crippen LogP contribution in [0.3, 0.4) is 0 Å². The monoisotopic (exact) mass is 389 g/mol.